The first kappa shape index (κ1) is 9.41. The lowest BCUT2D eigenvalue weighted by Crippen LogP contribution is -2.23. The van der Waals surface area contributed by atoms with E-state index in [9.17, 15) is 13.6 Å². The van der Waals surface area contributed by atoms with Crippen molar-refractivity contribution in [3.8, 4) is 0 Å². The van der Waals surface area contributed by atoms with Gasteiger partial charge in [-0.25, -0.2) is 4.79 Å². The Balaban J connectivity index is 3.05. The van der Waals surface area contributed by atoms with Crippen LogP contribution in [-0.2, 0) is 10.7 Å². The fourth-order valence-electron chi connectivity index (χ4n) is 0.583. The van der Waals surface area contributed by atoms with Crippen molar-refractivity contribution in [1.82, 2.24) is 0 Å². The Bertz CT molecular complexity index is 310. The molecule has 0 radical (unpaired) electrons. The molecule has 0 unspecified atom stereocenters. The monoisotopic (exact) mass is 212 g/mol. The second kappa shape index (κ2) is 2.99. The summed E-state index contributed by atoms with van der Waals surface area (Å²) in [6.07, 6.45) is 0. The van der Waals surface area contributed by atoms with Gasteiger partial charge in [0.25, 0.3) is 0 Å². The molecule has 0 saturated heterocycles. The quantitative estimate of drug-likeness (QED) is 0.818. The number of carboxylic acids is 1. The molecule has 6 heteroatoms. The number of carboxylic acid groups (broad SMARTS) is 1. The minimum absolute atomic E-state index is 0.121. The fourth-order valence-corrected chi connectivity index (χ4v) is 1.63. The summed E-state index contributed by atoms with van der Waals surface area (Å²) in [6, 6.07) is 0.945. The van der Waals surface area contributed by atoms with E-state index in [1.165, 1.54) is 5.38 Å². The first-order valence-corrected chi connectivity index (χ1v) is 4.06. The van der Waals surface area contributed by atoms with Crippen molar-refractivity contribution in [2.24, 2.45) is 0 Å². The summed E-state index contributed by atoms with van der Waals surface area (Å²) in [5.74, 6) is -6.00. The van der Waals surface area contributed by atoms with Gasteiger partial charge in [-0.3, -0.25) is 0 Å². The average molecular weight is 213 g/mol. The zero-order chi connectivity index (χ0) is 9.35. The van der Waals surface area contributed by atoms with E-state index in [0.717, 1.165) is 6.07 Å². The van der Waals surface area contributed by atoms with E-state index in [1.807, 2.05) is 0 Å². The molecule has 0 aliphatic carbocycles. The molecule has 0 spiro atoms. The lowest BCUT2D eigenvalue weighted by Gasteiger charge is -2.06. The summed E-state index contributed by atoms with van der Waals surface area (Å²) < 4.78 is 25.3. The highest BCUT2D eigenvalue weighted by atomic mass is 35.5. The van der Waals surface area contributed by atoms with E-state index in [2.05, 4.69) is 0 Å². The van der Waals surface area contributed by atoms with Gasteiger partial charge in [0.15, 0.2) is 0 Å². The van der Waals surface area contributed by atoms with E-state index >= 15 is 0 Å². The number of hydrogen-bond acceptors (Lipinski definition) is 2. The topological polar surface area (TPSA) is 37.3 Å². The standard InChI is InChI=1S/C6H3ClF2O2S/c7-3-1-4(12-2-3)6(8,9)5(10)11/h1-2H,(H,10,11). The zero-order valence-corrected chi connectivity index (χ0v) is 7.12. The molecule has 0 atom stereocenters. The Morgan fingerprint density at radius 1 is 1.67 bits per heavy atom. The van der Waals surface area contributed by atoms with Gasteiger partial charge in [-0.2, -0.15) is 8.78 Å². The van der Waals surface area contributed by atoms with E-state index < -0.39 is 16.8 Å². The van der Waals surface area contributed by atoms with Crippen molar-refractivity contribution < 1.29 is 18.7 Å². The van der Waals surface area contributed by atoms with Crippen molar-refractivity contribution in [2.75, 3.05) is 0 Å². The van der Waals surface area contributed by atoms with Crippen molar-refractivity contribution in [1.29, 1.82) is 0 Å². The van der Waals surface area contributed by atoms with Crippen LogP contribution in [0.1, 0.15) is 4.88 Å². The van der Waals surface area contributed by atoms with Gasteiger partial charge in [0.05, 0.1) is 9.90 Å². The van der Waals surface area contributed by atoms with E-state index in [0.29, 0.717) is 11.3 Å². The summed E-state index contributed by atoms with van der Waals surface area (Å²) in [5.41, 5.74) is 0. The van der Waals surface area contributed by atoms with Gasteiger partial charge in [-0.1, -0.05) is 11.6 Å². The maximum atomic E-state index is 12.6. The highest BCUT2D eigenvalue weighted by molar-refractivity contribution is 7.10. The third-order valence-electron chi connectivity index (χ3n) is 1.15. The zero-order valence-electron chi connectivity index (χ0n) is 5.55. The van der Waals surface area contributed by atoms with E-state index in [1.54, 1.807) is 0 Å². The summed E-state index contributed by atoms with van der Waals surface area (Å²) >= 11 is 5.98. The lowest BCUT2D eigenvalue weighted by molar-refractivity contribution is -0.165. The number of rotatable bonds is 2. The molecular weight excluding hydrogens is 210 g/mol. The molecule has 1 aromatic heterocycles. The second-order valence-corrected chi connectivity index (χ2v) is 3.36. The van der Waals surface area contributed by atoms with Crippen molar-refractivity contribution in [2.45, 2.75) is 5.92 Å². The highest BCUT2D eigenvalue weighted by Crippen LogP contribution is 2.34. The average Bonchev–Trinajstić information content (AvgIpc) is 2.35. The van der Waals surface area contributed by atoms with Crippen LogP contribution in [-0.4, -0.2) is 11.1 Å². The summed E-state index contributed by atoms with van der Waals surface area (Å²) in [6.45, 7) is 0. The Morgan fingerprint density at radius 2 is 2.25 bits per heavy atom. The molecule has 0 aliphatic rings. The van der Waals surface area contributed by atoms with Crippen LogP contribution in [0.3, 0.4) is 0 Å². The molecule has 0 aromatic carbocycles. The minimum atomic E-state index is -3.84. The molecule has 0 aliphatic heterocycles. The first-order chi connectivity index (χ1) is 5.44. The Hall–Kier alpha value is -0.680. The van der Waals surface area contributed by atoms with E-state index in [4.69, 9.17) is 16.7 Å². The van der Waals surface area contributed by atoms with Crippen LogP contribution in [0.15, 0.2) is 11.4 Å². The fraction of sp³-hybridized carbons (Fsp3) is 0.167. The van der Waals surface area contributed by atoms with Gasteiger partial charge in [-0.05, 0) is 6.07 Å². The molecule has 2 nitrogen and oxygen atoms in total. The van der Waals surface area contributed by atoms with Gasteiger partial charge in [0.2, 0.25) is 0 Å². The molecule has 1 rings (SSSR count). The predicted octanol–water partition coefficient (Wildman–Crippen LogP) is 2.58. The molecule has 0 saturated carbocycles. The molecule has 1 heterocycles. The van der Waals surface area contributed by atoms with Crippen LogP contribution >= 0.6 is 22.9 Å². The summed E-state index contributed by atoms with van der Waals surface area (Å²) in [7, 11) is 0. The molecule has 12 heavy (non-hydrogen) atoms. The number of alkyl halides is 2. The third kappa shape index (κ3) is 1.56. The maximum Gasteiger partial charge on any atom is 0.380 e. The first-order valence-electron chi connectivity index (χ1n) is 2.80. The summed E-state index contributed by atoms with van der Waals surface area (Å²) in [5, 5.41) is 9.50. The van der Waals surface area contributed by atoms with Crippen LogP contribution in [0.2, 0.25) is 5.02 Å². The van der Waals surface area contributed by atoms with Gasteiger partial charge in [0.1, 0.15) is 0 Å². The molecule has 1 aromatic rings. The third-order valence-corrected chi connectivity index (χ3v) is 2.49. The minimum Gasteiger partial charge on any atom is -0.477 e. The number of carbonyl (C=O) groups is 1. The van der Waals surface area contributed by atoms with Gasteiger partial charge >= 0.3 is 11.9 Å². The van der Waals surface area contributed by atoms with Gasteiger partial charge in [-0.15, -0.1) is 11.3 Å². The molecular formula is C6H3ClF2O2S. The van der Waals surface area contributed by atoms with Crippen LogP contribution in [0.5, 0.6) is 0 Å². The molecule has 0 amide bonds. The number of thiophene rings is 1. The van der Waals surface area contributed by atoms with Crippen LogP contribution < -0.4 is 0 Å². The van der Waals surface area contributed by atoms with Crippen LogP contribution in [0.25, 0.3) is 0 Å². The largest absolute Gasteiger partial charge is 0.477 e. The summed E-state index contributed by atoms with van der Waals surface area (Å²) in [4.78, 5) is 9.49. The molecule has 0 bridgehead atoms. The Kier molecular flexibility index (Phi) is 2.34. The van der Waals surface area contributed by atoms with Gasteiger partial charge in [0, 0.05) is 5.38 Å². The number of hydrogen-bond donors (Lipinski definition) is 1. The SMILES string of the molecule is O=C(O)C(F)(F)c1cc(Cl)cs1. The Morgan fingerprint density at radius 3 is 2.58 bits per heavy atom. The maximum absolute atomic E-state index is 12.6. The number of aliphatic carboxylic acids is 1. The predicted molar refractivity (Wildman–Crippen MR) is 40.9 cm³/mol. The van der Waals surface area contributed by atoms with Crippen LogP contribution in [0, 0.1) is 0 Å². The van der Waals surface area contributed by atoms with Crippen molar-refractivity contribution in [3.63, 3.8) is 0 Å². The highest BCUT2D eigenvalue weighted by Gasteiger charge is 2.42. The molecule has 1 N–H and O–H groups in total. The Labute approximate surface area is 75.4 Å². The smallest absolute Gasteiger partial charge is 0.380 e. The molecule has 0 fully saturated rings. The van der Waals surface area contributed by atoms with Crippen LogP contribution in [0.4, 0.5) is 8.78 Å². The van der Waals surface area contributed by atoms with Crippen molar-refractivity contribution >= 4 is 28.9 Å². The molecule has 66 valence electrons. The van der Waals surface area contributed by atoms with E-state index in [-0.39, 0.29) is 5.02 Å². The normalized spacial score (nSPS) is 11.6. The van der Waals surface area contributed by atoms with Crippen molar-refractivity contribution in [3.05, 3.63) is 21.3 Å². The van der Waals surface area contributed by atoms with Gasteiger partial charge < -0.3 is 5.11 Å². The lowest BCUT2D eigenvalue weighted by atomic mass is 10.3. The number of halogens is 3. The second-order valence-electron chi connectivity index (χ2n) is 2.01.